The fraction of sp³-hybridized carbons (Fsp3) is 0.409. The number of benzene rings is 2. The van der Waals surface area contributed by atoms with Gasteiger partial charge < -0.3 is 10.0 Å². The molecule has 0 amide bonds. The lowest BCUT2D eigenvalue weighted by Gasteiger charge is -2.44. The molecule has 2 aromatic rings. The normalized spacial score (nSPS) is 23.3. The molecule has 4 heteroatoms. The molecule has 26 heavy (non-hydrogen) atoms. The molecule has 0 spiro atoms. The summed E-state index contributed by atoms with van der Waals surface area (Å²) < 4.78 is 0. The summed E-state index contributed by atoms with van der Waals surface area (Å²) in [6.07, 6.45) is 0.576. The number of hydrogen-bond acceptors (Lipinski definition) is 3. The molecule has 1 N–H and O–H groups in total. The number of likely N-dealkylation sites (tertiary alicyclic amines) is 1. The molecule has 0 saturated carbocycles. The van der Waals surface area contributed by atoms with Gasteiger partial charge in [-0.15, -0.1) is 17.0 Å². The number of aliphatic hydroxyl groups is 1. The highest BCUT2D eigenvalue weighted by Crippen LogP contribution is 2.39. The maximum Gasteiger partial charge on any atom is 0.170 e. The summed E-state index contributed by atoms with van der Waals surface area (Å²) in [4.78, 5) is 15.5. The molecule has 2 unspecified atom stereocenters. The molecular weight excluding hydrogens is 390 g/mol. The Balaban J connectivity index is 0.00000243. The zero-order valence-electron chi connectivity index (χ0n) is 15.7. The van der Waals surface area contributed by atoms with Crippen molar-refractivity contribution in [3.8, 4) is 0 Å². The van der Waals surface area contributed by atoms with Gasteiger partial charge in [0.2, 0.25) is 0 Å². The van der Waals surface area contributed by atoms with Crippen molar-refractivity contribution in [2.24, 2.45) is 5.92 Å². The first-order valence-electron chi connectivity index (χ1n) is 9.07. The van der Waals surface area contributed by atoms with E-state index in [0.717, 1.165) is 29.8 Å². The number of rotatable bonds is 4. The van der Waals surface area contributed by atoms with Crippen LogP contribution < -0.4 is 0 Å². The van der Waals surface area contributed by atoms with Crippen LogP contribution in [0.5, 0.6) is 0 Å². The van der Waals surface area contributed by atoms with E-state index < -0.39 is 11.5 Å². The molecule has 1 aliphatic heterocycles. The van der Waals surface area contributed by atoms with Crippen LogP contribution in [0.1, 0.15) is 40.4 Å². The fourth-order valence-corrected chi connectivity index (χ4v) is 3.70. The van der Waals surface area contributed by atoms with Crippen LogP contribution in [-0.4, -0.2) is 35.4 Å². The topological polar surface area (TPSA) is 40.5 Å². The van der Waals surface area contributed by atoms with Crippen molar-refractivity contribution in [1.29, 1.82) is 0 Å². The van der Waals surface area contributed by atoms with E-state index in [9.17, 15) is 9.90 Å². The van der Waals surface area contributed by atoms with Crippen LogP contribution in [0.4, 0.5) is 0 Å². The Morgan fingerprint density at radius 2 is 1.62 bits per heavy atom. The summed E-state index contributed by atoms with van der Waals surface area (Å²) in [5.41, 5.74) is 2.70. The molecule has 1 fully saturated rings. The molecule has 0 aromatic heterocycles. The molecular formula is C22H28BrNO2. The Hall–Kier alpha value is -1.49. The number of nitrogens with zero attached hydrogens (tertiary/aromatic N) is 1. The second-order valence-corrected chi connectivity index (χ2v) is 7.22. The van der Waals surface area contributed by atoms with Gasteiger partial charge in [0.25, 0.3) is 0 Å². The Morgan fingerprint density at radius 1 is 1.08 bits per heavy atom. The molecule has 1 heterocycles. The quantitative estimate of drug-likeness (QED) is 0.753. The van der Waals surface area contributed by atoms with Crippen molar-refractivity contribution >= 4 is 22.8 Å². The molecule has 0 aliphatic carbocycles. The second-order valence-electron chi connectivity index (χ2n) is 7.22. The van der Waals surface area contributed by atoms with Crippen molar-refractivity contribution in [3.63, 3.8) is 0 Å². The monoisotopic (exact) mass is 417 g/mol. The van der Waals surface area contributed by atoms with Crippen molar-refractivity contribution < 1.29 is 9.90 Å². The molecule has 2 atom stereocenters. The zero-order chi connectivity index (χ0) is 18.0. The summed E-state index contributed by atoms with van der Waals surface area (Å²) in [7, 11) is 0. The van der Waals surface area contributed by atoms with Crippen LogP contribution in [0, 0.1) is 19.8 Å². The molecule has 0 bridgehead atoms. The summed E-state index contributed by atoms with van der Waals surface area (Å²) in [5.74, 6) is -0.423. The van der Waals surface area contributed by atoms with E-state index in [1.165, 1.54) is 0 Å². The number of ketones is 1. The Morgan fingerprint density at radius 3 is 2.15 bits per heavy atom. The van der Waals surface area contributed by atoms with Gasteiger partial charge >= 0.3 is 0 Å². The molecule has 1 saturated heterocycles. The lowest BCUT2D eigenvalue weighted by atomic mass is 9.72. The van der Waals surface area contributed by atoms with Gasteiger partial charge in [0.1, 0.15) is 5.60 Å². The van der Waals surface area contributed by atoms with E-state index in [0.29, 0.717) is 18.5 Å². The highest BCUT2D eigenvalue weighted by Gasteiger charge is 2.46. The molecule has 1 aliphatic rings. The number of halogens is 1. The summed E-state index contributed by atoms with van der Waals surface area (Å²) >= 11 is 0. The first-order chi connectivity index (χ1) is 11.9. The third kappa shape index (κ3) is 4.08. The Kier molecular flexibility index (Phi) is 6.78. The number of Topliss-reactive ketones (excluding diaryl/α,β-unsaturated/α-hetero) is 1. The average molecular weight is 418 g/mol. The van der Waals surface area contributed by atoms with Crippen molar-refractivity contribution in [3.05, 3.63) is 70.8 Å². The van der Waals surface area contributed by atoms with Gasteiger partial charge in [-0.2, -0.15) is 0 Å². The summed E-state index contributed by atoms with van der Waals surface area (Å²) in [6.45, 7) is 8.43. The van der Waals surface area contributed by atoms with Crippen LogP contribution in [0.2, 0.25) is 0 Å². The number of carbonyl (C=O) groups is 1. The number of hydrogen-bond donors (Lipinski definition) is 1. The lowest BCUT2D eigenvalue weighted by Crippen LogP contribution is -2.53. The van der Waals surface area contributed by atoms with Crippen molar-refractivity contribution in [1.82, 2.24) is 4.90 Å². The third-order valence-corrected chi connectivity index (χ3v) is 5.48. The Bertz CT molecular complexity index is 742. The van der Waals surface area contributed by atoms with E-state index in [2.05, 4.69) is 11.8 Å². The van der Waals surface area contributed by atoms with Gasteiger partial charge in [0.15, 0.2) is 5.78 Å². The van der Waals surface area contributed by atoms with Crippen molar-refractivity contribution in [2.75, 3.05) is 19.6 Å². The van der Waals surface area contributed by atoms with Gasteiger partial charge in [0, 0.05) is 18.7 Å². The van der Waals surface area contributed by atoms with Crippen LogP contribution in [0.15, 0.2) is 48.5 Å². The molecule has 140 valence electrons. The number of aryl methyl sites for hydroxylation is 2. The molecule has 3 nitrogen and oxygen atoms in total. The maximum absolute atomic E-state index is 13.2. The van der Waals surface area contributed by atoms with E-state index in [1.54, 1.807) is 0 Å². The predicted molar refractivity (Wildman–Crippen MR) is 111 cm³/mol. The van der Waals surface area contributed by atoms with Crippen LogP contribution >= 0.6 is 17.0 Å². The van der Waals surface area contributed by atoms with E-state index in [4.69, 9.17) is 0 Å². The highest BCUT2D eigenvalue weighted by molar-refractivity contribution is 8.93. The highest BCUT2D eigenvalue weighted by atomic mass is 79.9. The van der Waals surface area contributed by atoms with E-state index >= 15 is 0 Å². The maximum atomic E-state index is 13.2. The predicted octanol–water partition coefficient (Wildman–Crippen LogP) is 4.29. The fourth-order valence-electron chi connectivity index (χ4n) is 3.70. The minimum Gasteiger partial charge on any atom is -0.384 e. The zero-order valence-corrected chi connectivity index (χ0v) is 17.4. The average Bonchev–Trinajstić information content (AvgIpc) is 2.62. The summed E-state index contributed by atoms with van der Waals surface area (Å²) in [5, 5.41) is 11.5. The second kappa shape index (κ2) is 8.47. The molecule has 0 radical (unpaired) electrons. The van der Waals surface area contributed by atoms with Gasteiger partial charge in [-0.3, -0.25) is 4.79 Å². The number of carbonyl (C=O) groups excluding carboxylic acids is 1. The largest absolute Gasteiger partial charge is 0.384 e. The Labute approximate surface area is 166 Å². The van der Waals surface area contributed by atoms with Gasteiger partial charge in [-0.1, -0.05) is 66.6 Å². The van der Waals surface area contributed by atoms with Gasteiger partial charge in [-0.25, -0.2) is 0 Å². The first-order valence-corrected chi connectivity index (χ1v) is 9.07. The minimum absolute atomic E-state index is 0. The third-order valence-electron chi connectivity index (χ3n) is 5.48. The molecule has 3 rings (SSSR count). The lowest BCUT2D eigenvalue weighted by molar-refractivity contribution is -0.0632. The van der Waals surface area contributed by atoms with Crippen LogP contribution in [0.3, 0.4) is 0 Å². The van der Waals surface area contributed by atoms with Crippen molar-refractivity contribution in [2.45, 2.75) is 32.8 Å². The van der Waals surface area contributed by atoms with E-state index in [-0.39, 0.29) is 22.8 Å². The SMILES string of the molecule is Br.CCN1CCC(O)(c2ccc(C)cc2)C(C(=O)c2ccc(C)cc2)C1. The standard InChI is InChI=1S/C22H27NO2.BrH/c1-4-23-14-13-22(25,19-11-7-17(3)8-12-19)20(15-23)21(24)18-9-5-16(2)6-10-18;/h5-12,20,25H,4,13-15H2,1-3H3;1H. The number of piperidine rings is 1. The first kappa shape index (κ1) is 20.8. The minimum atomic E-state index is -1.11. The van der Waals surface area contributed by atoms with Gasteiger partial charge in [-0.05, 0) is 32.4 Å². The van der Waals surface area contributed by atoms with Gasteiger partial charge in [0.05, 0.1) is 5.92 Å². The smallest absolute Gasteiger partial charge is 0.170 e. The summed E-state index contributed by atoms with van der Waals surface area (Å²) in [6, 6.07) is 15.6. The van der Waals surface area contributed by atoms with Crippen LogP contribution in [-0.2, 0) is 5.60 Å². The van der Waals surface area contributed by atoms with Crippen LogP contribution in [0.25, 0.3) is 0 Å². The van der Waals surface area contributed by atoms with E-state index in [1.807, 2.05) is 62.4 Å². The molecule has 2 aromatic carbocycles.